The quantitative estimate of drug-likeness (QED) is 0.615. The molecule has 1 aromatic rings. The van der Waals surface area contributed by atoms with Crippen LogP contribution in [0, 0.1) is 0 Å². The van der Waals surface area contributed by atoms with Crippen molar-refractivity contribution in [3.8, 4) is 11.5 Å². The van der Waals surface area contributed by atoms with Gasteiger partial charge in [-0.2, -0.15) is 8.42 Å². The third-order valence-electron chi connectivity index (χ3n) is 1.06. The molecular formula is C6H9NO5S. The number of hydrogen-bond acceptors (Lipinski definition) is 5. The normalized spacial score (nSPS) is 10.2. The lowest BCUT2D eigenvalue weighted by Crippen LogP contribution is -2.06. The summed E-state index contributed by atoms with van der Waals surface area (Å²) in [6, 6.07) is 5.40. The molecule has 0 atom stereocenters. The Kier molecular flexibility index (Phi) is 3.67. The van der Waals surface area contributed by atoms with Crippen molar-refractivity contribution in [1.29, 1.82) is 0 Å². The van der Waals surface area contributed by atoms with Crippen molar-refractivity contribution in [2.24, 2.45) is 0 Å². The second-order valence-electron chi connectivity index (χ2n) is 1.98. The van der Waals surface area contributed by atoms with Crippen molar-refractivity contribution in [1.82, 2.24) is 6.15 Å². The molecule has 0 aliphatic heterocycles. The lowest BCUT2D eigenvalue weighted by atomic mass is 10.3. The molecule has 0 amide bonds. The highest BCUT2D eigenvalue weighted by Crippen LogP contribution is 2.25. The first-order valence-electron chi connectivity index (χ1n) is 2.94. The summed E-state index contributed by atoms with van der Waals surface area (Å²) >= 11 is 0. The zero-order valence-corrected chi connectivity index (χ0v) is 7.36. The largest absolute Gasteiger partial charge is 0.504 e. The average molecular weight is 207 g/mol. The van der Waals surface area contributed by atoms with Crippen LogP contribution in [0.25, 0.3) is 0 Å². The smallest absolute Gasteiger partial charge is 0.446 e. The summed E-state index contributed by atoms with van der Waals surface area (Å²) in [7, 11) is -4.56. The monoisotopic (exact) mass is 207 g/mol. The third kappa shape index (κ3) is 3.74. The minimum atomic E-state index is -4.56. The maximum Gasteiger partial charge on any atom is 0.446 e. The van der Waals surface area contributed by atoms with Gasteiger partial charge in [0.1, 0.15) is 0 Å². The Balaban J connectivity index is 0.00000144. The Labute approximate surface area is 75.3 Å². The molecule has 1 rings (SSSR count). The summed E-state index contributed by atoms with van der Waals surface area (Å²) in [5, 5.41) is 8.97. The van der Waals surface area contributed by atoms with E-state index < -0.39 is 10.4 Å². The summed E-state index contributed by atoms with van der Waals surface area (Å²) in [6.07, 6.45) is 0. The maximum absolute atomic E-state index is 10.2. The molecule has 74 valence electrons. The van der Waals surface area contributed by atoms with E-state index in [1.54, 1.807) is 0 Å². The van der Waals surface area contributed by atoms with E-state index in [4.69, 9.17) is 9.66 Å². The minimum absolute atomic E-state index is 0. The van der Waals surface area contributed by atoms with E-state index in [0.29, 0.717) is 0 Å². The van der Waals surface area contributed by atoms with Crippen molar-refractivity contribution in [2.45, 2.75) is 0 Å². The van der Waals surface area contributed by atoms with Crippen LogP contribution in [0.4, 0.5) is 0 Å². The SMILES string of the molecule is N.O=S(=O)(O)Oc1ccccc1O. The van der Waals surface area contributed by atoms with E-state index >= 15 is 0 Å². The molecular weight excluding hydrogens is 198 g/mol. The van der Waals surface area contributed by atoms with E-state index in [-0.39, 0.29) is 17.6 Å². The highest BCUT2D eigenvalue weighted by atomic mass is 32.3. The van der Waals surface area contributed by atoms with E-state index in [2.05, 4.69) is 4.18 Å². The molecule has 13 heavy (non-hydrogen) atoms. The Hall–Kier alpha value is -1.31. The van der Waals surface area contributed by atoms with Crippen LogP contribution >= 0.6 is 0 Å². The summed E-state index contributed by atoms with van der Waals surface area (Å²) in [6.45, 7) is 0. The lowest BCUT2D eigenvalue weighted by Gasteiger charge is -2.01. The van der Waals surface area contributed by atoms with Crippen LogP contribution < -0.4 is 10.3 Å². The minimum Gasteiger partial charge on any atom is -0.504 e. The molecule has 0 saturated heterocycles. The predicted molar refractivity (Wildman–Crippen MR) is 45.3 cm³/mol. The number of hydrogen-bond donors (Lipinski definition) is 3. The van der Waals surface area contributed by atoms with Gasteiger partial charge in [0.2, 0.25) is 0 Å². The zero-order valence-electron chi connectivity index (χ0n) is 6.54. The summed E-state index contributed by atoms with van der Waals surface area (Å²) in [5.74, 6) is -0.657. The van der Waals surface area contributed by atoms with Gasteiger partial charge in [0.25, 0.3) is 0 Å². The lowest BCUT2D eigenvalue weighted by molar-refractivity contribution is 0.371. The first-order chi connectivity index (χ1) is 5.49. The Morgan fingerprint density at radius 1 is 1.23 bits per heavy atom. The fourth-order valence-corrected chi connectivity index (χ4v) is 1.01. The molecule has 0 heterocycles. The number of para-hydroxylation sites is 2. The predicted octanol–water partition coefficient (Wildman–Crippen LogP) is 0.736. The fraction of sp³-hybridized carbons (Fsp3) is 0. The first kappa shape index (κ1) is 11.7. The van der Waals surface area contributed by atoms with Crippen molar-refractivity contribution in [3.05, 3.63) is 24.3 Å². The molecule has 7 heteroatoms. The molecule has 0 fully saturated rings. The number of rotatable bonds is 2. The third-order valence-corrected chi connectivity index (χ3v) is 1.45. The highest BCUT2D eigenvalue weighted by molar-refractivity contribution is 7.81. The van der Waals surface area contributed by atoms with Gasteiger partial charge in [-0.3, -0.25) is 4.55 Å². The molecule has 0 aliphatic rings. The van der Waals surface area contributed by atoms with Gasteiger partial charge in [-0.25, -0.2) is 0 Å². The standard InChI is InChI=1S/C6H6O5S.H3N/c7-5-3-1-2-4-6(5)11-12(8,9)10;/h1-4,7H,(H,8,9,10);1H3. The molecule has 0 saturated carbocycles. The molecule has 5 N–H and O–H groups in total. The van der Waals surface area contributed by atoms with Crippen molar-refractivity contribution < 1.29 is 22.3 Å². The van der Waals surface area contributed by atoms with Gasteiger partial charge in [0, 0.05) is 0 Å². The van der Waals surface area contributed by atoms with Crippen LogP contribution in [-0.4, -0.2) is 18.1 Å². The van der Waals surface area contributed by atoms with Gasteiger partial charge in [0.15, 0.2) is 11.5 Å². The van der Waals surface area contributed by atoms with Crippen molar-refractivity contribution in [3.63, 3.8) is 0 Å². The van der Waals surface area contributed by atoms with Crippen molar-refractivity contribution >= 4 is 10.4 Å². The fourth-order valence-electron chi connectivity index (χ4n) is 0.641. The zero-order chi connectivity index (χ0) is 9.19. The Morgan fingerprint density at radius 3 is 2.23 bits per heavy atom. The number of phenolic OH excluding ortho intramolecular Hbond substituents is 1. The second kappa shape index (κ2) is 4.08. The van der Waals surface area contributed by atoms with Gasteiger partial charge in [-0.1, -0.05) is 12.1 Å². The van der Waals surface area contributed by atoms with Crippen LogP contribution in [0.2, 0.25) is 0 Å². The first-order valence-corrected chi connectivity index (χ1v) is 4.30. The van der Waals surface area contributed by atoms with Crippen LogP contribution in [0.5, 0.6) is 11.5 Å². The summed E-state index contributed by atoms with van der Waals surface area (Å²) < 4.78 is 32.6. The van der Waals surface area contributed by atoms with Crippen LogP contribution in [0.3, 0.4) is 0 Å². The van der Waals surface area contributed by atoms with Gasteiger partial charge in [-0.05, 0) is 12.1 Å². The van der Waals surface area contributed by atoms with Crippen molar-refractivity contribution in [2.75, 3.05) is 0 Å². The average Bonchev–Trinajstić information content (AvgIpc) is 1.91. The number of aromatic hydroxyl groups is 1. The van der Waals surface area contributed by atoms with Gasteiger partial charge in [0.05, 0.1) is 0 Å². The molecule has 6 nitrogen and oxygen atoms in total. The Bertz CT molecular complexity index is 374. The van der Waals surface area contributed by atoms with Crippen LogP contribution in [0.1, 0.15) is 0 Å². The van der Waals surface area contributed by atoms with Crippen LogP contribution in [0.15, 0.2) is 24.3 Å². The van der Waals surface area contributed by atoms with Crippen LogP contribution in [-0.2, 0) is 10.4 Å². The van der Waals surface area contributed by atoms with E-state index in [0.717, 1.165) is 0 Å². The molecule has 0 spiro atoms. The topological polar surface area (TPSA) is 119 Å². The molecule has 0 radical (unpaired) electrons. The second-order valence-corrected chi connectivity index (χ2v) is 3.00. The molecule has 0 unspecified atom stereocenters. The van der Waals surface area contributed by atoms with E-state index in [1.165, 1.54) is 24.3 Å². The molecule has 0 aromatic heterocycles. The Morgan fingerprint density at radius 2 is 1.77 bits per heavy atom. The van der Waals surface area contributed by atoms with Gasteiger partial charge in [-0.15, -0.1) is 0 Å². The molecule has 0 bridgehead atoms. The van der Waals surface area contributed by atoms with E-state index in [9.17, 15) is 8.42 Å². The molecule has 1 aromatic carbocycles. The molecule has 0 aliphatic carbocycles. The number of phenols is 1. The van der Waals surface area contributed by atoms with E-state index in [1.807, 2.05) is 0 Å². The maximum atomic E-state index is 10.2. The highest BCUT2D eigenvalue weighted by Gasteiger charge is 2.09. The summed E-state index contributed by atoms with van der Waals surface area (Å²) in [5.41, 5.74) is 0. The van der Waals surface area contributed by atoms with Gasteiger partial charge >= 0.3 is 10.4 Å². The summed E-state index contributed by atoms with van der Waals surface area (Å²) in [4.78, 5) is 0. The van der Waals surface area contributed by atoms with Gasteiger partial charge < -0.3 is 15.4 Å². The number of benzene rings is 1.